The van der Waals surface area contributed by atoms with Gasteiger partial charge in [-0.15, -0.1) is 0 Å². The molecule has 0 unspecified atom stereocenters. The highest BCUT2D eigenvalue weighted by Gasteiger charge is 2.09. The van der Waals surface area contributed by atoms with E-state index in [4.69, 9.17) is 11.5 Å². The minimum atomic E-state index is 0.381. The first-order valence-corrected chi connectivity index (χ1v) is 4.36. The van der Waals surface area contributed by atoms with E-state index in [-0.39, 0.29) is 0 Å². The van der Waals surface area contributed by atoms with Gasteiger partial charge in [0.25, 0.3) is 0 Å². The van der Waals surface area contributed by atoms with Gasteiger partial charge in [-0.3, -0.25) is 4.57 Å². The molecule has 0 saturated carbocycles. The third kappa shape index (κ3) is 1.21. The van der Waals surface area contributed by atoms with Gasteiger partial charge in [-0.25, -0.2) is 4.98 Å². The summed E-state index contributed by atoms with van der Waals surface area (Å²) < 4.78 is 1.83. The minimum absolute atomic E-state index is 0.381. The lowest BCUT2D eigenvalue weighted by Crippen LogP contribution is -2.02. The van der Waals surface area contributed by atoms with Crippen molar-refractivity contribution in [2.75, 3.05) is 11.5 Å². The van der Waals surface area contributed by atoms with Crippen LogP contribution >= 0.6 is 0 Å². The molecular formula is C10H12N4. The molecule has 0 aliphatic heterocycles. The highest BCUT2D eigenvalue weighted by molar-refractivity contribution is 5.59. The monoisotopic (exact) mass is 188 g/mol. The number of nitrogens with two attached hydrogens (primary N) is 2. The van der Waals surface area contributed by atoms with Crippen LogP contribution in [-0.2, 0) is 0 Å². The Hall–Kier alpha value is -1.97. The van der Waals surface area contributed by atoms with Crippen LogP contribution in [0.3, 0.4) is 0 Å². The second-order valence-corrected chi connectivity index (χ2v) is 3.10. The number of nitrogens with zero attached hydrogens (tertiary/aromatic N) is 2. The number of hydrogen-bond acceptors (Lipinski definition) is 3. The Morgan fingerprint density at radius 3 is 2.29 bits per heavy atom. The number of imidazole rings is 1. The average Bonchev–Trinajstić information content (AvgIpc) is 2.43. The number of rotatable bonds is 1. The van der Waals surface area contributed by atoms with E-state index in [0.29, 0.717) is 11.6 Å². The van der Waals surface area contributed by atoms with Crippen LogP contribution in [0.4, 0.5) is 11.6 Å². The minimum Gasteiger partial charge on any atom is -0.382 e. The lowest BCUT2D eigenvalue weighted by Gasteiger charge is -2.06. The molecule has 14 heavy (non-hydrogen) atoms. The SMILES string of the molecule is Cc1nc(N)c(N)n1-c1ccccc1. The highest BCUT2D eigenvalue weighted by atomic mass is 15.2. The molecule has 1 aromatic heterocycles. The number of aryl methyl sites for hydroxylation is 1. The Labute approximate surface area is 82.2 Å². The molecular weight excluding hydrogens is 176 g/mol. The van der Waals surface area contributed by atoms with Crippen LogP contribution in [0.2, 0.25) is 0 Å². The van der Waals surface area contributed by atoms with Crippen LogP contribution in [0.5, 0.6) is 0 Å². The summed E-state index contributed by atoms with van der Waals surface area (Å²) in [5.41, 5.74) is 12.4. The number of aromatic nitrogens is 2. The van der Waals surface area contributed by atoms with Gasteiger partial charge < -0.3 is 11.5 Å². The fraction of sp³-hybridized carbons (Fsp3) is 0.100. The first kappa shape index (κ1) is 8.62. The summed E-state index contributed by atoms with van der Waals surface area (Å²) in [6.45, 7) is 1.87. The summed E-state index contributed by atoms with van der Waals surface area (Å²) in [5, 5.41) is 0. The van der Waals surface area contributed by atoms with Gasteiger partial charge in [0, 0.05) is 5.69 Å². The normalized spacial score (nSPS) is 10.4. The summed E-state index contributed by atoms with van der Waals surface area (Å²) in [5.74, 6) is 1.67. The van der Waals surface area contributed by atoms with E-state index in [9.17, 15) is 0 Å². The molecule has 0 fully saturated rings. The van der Waals surface area contributed by atoms with Crippen molar-refractivity contribution in [3.8, 4) is 5.69 Å². The molecule has 1 heterocycles. The van der Waals surface area contributed by atoms with E-state index in [1.54, 1.807) is 0 Å². The largest absolute Gasteiger partial charge is 0.382 e. The van der Waals surface area contributed by atoms with Gasteiger partial charge in [0.15, 0.2) is 11.6 Å². The predicted molar refractivity (Wildman–Crippen MR) is 57.1 cm³/mol. The molecule has 0 aliphatic carbocycles. The number of para-hydroxylation sites is 1. The Morgan fingerprint density at radius 1 is 1.14 bits per heavy atom. The van der Waals surface area contributed by atoms with Crippen molar-refractivity contribution in [3.63, 3.8) is 0 Å². The number of hydrogen-bond donors (Lipinski definition) is 2. The molecule has 0 amide bonds. The molecule has 2 aromatic rings. The summed E-state index contributed by atoms with van der Waals surface area (Å²) in [6, 6.07) is 9.78. The zero-order valence-electron chi connectivity index (χ0n) is 7.94. The van der Waals surface area contributed by atoms with Gasteiger partial charge in [0.1, 0.15) is 5.82 Å². The van der Waals surface area contributed by atoms with E-state index in [1.165, 1.54) is 0 Å². The average molecular weight is 188 g/mol. The Kier molecular flexibility index (Phi) is 1.89. The van der Waals surface area contributed by atoms with Gasteiger partial charge in [-0.2, -0.15) is 0 Å². The van der Waals surface area contributed by atoms with E-state index in [1.807, 2.05) is 41.8 Å². The van der Waals surface area contributed by atoms with Crippen LogP contribution in [0.25, 0.3) is 5.69 Å². The molecule has 0 spiro atoms. The molecule has 2 rings (SSSR count). The molecule has 0 bridgehead atoms. The number of benzene rings is 1. The second-order valence-electron chi connectivity index (χ2n) is 3.10. The number of anilines is 2. The maximum Gasteiger partial charge on any atom is 0.166 e. The van der Waals surface area contributed by atoms with Gasteiger partial charge in [-0.05, 0) is 19.1 Å². The molecule has 0 saturated heterocycles. The molecule has 0 radical (unpaired) electrons. The lowest BCUT2D eigenvalue weighted by molar-refractivity contribution is 0.983. The van der Waals surface area contributed by atoms with Gasteiger partial charge in [0.05, 0.1) is 0 Å². The molecule has 72 valence electrons. The van der Waals surface area contributed by atoms with Crippen molar-refractivity contribution < 1.29 is 0 Å². The first-order chi connectivity index (χ1) is 6.70. The van der Waals surface area contributed by atoms with Crippen LogP contribution in [0.1, 0.15) is 5.82 Å². The zero-order valence-corrected chi connectivity index (χ0v) is 7.94. The summed E-state index contributed by atoms with van der Waals surface area (Å²) in [4.78, 5) is 4.10. The zero-order chi connectivity index (χ0) is 10.1. The molecule has 0 aliphatic rings. The fourth-order valence-corrected chi connectivity index (χ4v) is 1.47. The fourth-order valence-electron chi connectivity index (χ4n) is 1.47. The Balaban J connectivity index is 2.62. The van der Waals surface area contributed by atoms with Crippen molar-refractivity contribution in [3.05, 3.63) is 36.2 Å². The Bertz CT molecular complexity index is 445. The van der Waals surface area contributed by atoms with Crippen LogP contribution in [-0.4, -0.2) is 9.55 Å². The van der Waals surface area contributed by atoms with Gasteiger partial charge in [0.2, 0.25) is 0 Å². The number of nitrogen functional groups attached to an aromatic ring is 2. The highest BCUT2D eigenvalue weighted by Crippen LogP contribution is 2.21. The third-order valence-corrected chi connectivity index (χ3v) is 2.12. The lowest BCUT2D eigenvalue weighted by atomic mass is 10.3. The predicted octanol–water partition coefficient (Wildman–Crippen LogP) is 1.35. The smallest absolute Gasteiger partial charge is 0.166 e. The molecule has 1 aromatic carbocycles. The van der Waals surface area contributed by atoms with Crippen LogP contribution in [0.15, 0.2) is 30.3 Å². The van der Waals surface area contributed by atoms with Gasteiger partial charge in [-0.1, -0.05) is 18.2 Å². The first-order valence-electron chi connectivity index (χ1n) is 4.36. The van der Waals surface area contributed by atoms with Crippen molar-refractivity contribution >= 4 is 11.6 Å². The molecule has 4 nitrogen and oxygen atoms in total. The van der Waals surface area contributed by atoms with Crippen LogP contribution < -0.4 is 11.5 Å². The third-order valence-electron chi connectivity index (χ3n) is 2.12. The molecule has 4 heteroatoms. The van der Waals surface area contributed by atoms with E-state index >= 15 is 0 Å². The van der Waals surface area contributed by atoms with E-state index in [2.05, 4.69) is 4.98 Å². The van der Waals surface area contributed by atoms with Crippen LogP contribution in [0, 0.1) is 6.92 Å². The van der Waals surface area contributed by atoms with Crippen molar-refractivity contribution in [2.24, 2.45) is 0 Å². The summed E-state index contributed by atoms with van der Waals surface area (Å²) >= 11 is 0. The van der Waals surface area contributed by atoms with E-state index in [0.717, 1.165) is 11.5 Å². The quantitative estimate of drug-likeness (QED) is 0.709. The topological polar surface area (TPSA) is 69.9 Å². The summed E-state index contributed by atoms with van der Waals surface area (Å²) in [7, 11) is 0. The standard InChI is InChI=1S/C10H12N4/c1-7-13-9(11)10(12)14(7)8-5-3-2-4-6-8/h2-6H,11-12H2,1H3. The second kappa shape index (κ2) is 3.06. The van der Waals surface area contributed by atoms with Gasteiger partial charge >= 0.3 is 0 Å². The Morgan fingerprint density at radius 2 is 1.79 bits per heavy atom. The molecule has 4 N–H and O–H groups in total. The van der Waals surface area contributed by atoms with Crippen molar-refractivity contribution in [1.82, 2.24) is 9.55 Å². The molecule has 0 atom stereocenters. The maximum atomic E-state index is 5.81. The summed E-state index contributed by atoms with van der Waals surface area (Å²) in [6.07, 6.45) is 0. The van der Waals surface area contributed by atoms with Crippen molar-refractivity contribution in [2.45, 2.75) is 6.92 Å². The van der Waals surface area contributed by atoms with Crippen molar-refractivity contribution in [1.29, 1.82) is 0 Å². The van der Waals surface area contributed by atoms with E-state index < -0.39 is 0 Å². The maximum absolute atomic E-state index is 5.81.